The summed E-state index contributed by atoms with van der Waals surface area (Å²) >= 11 is 0. The molecule has 0 atom stereocenters. The van der Waals surface area contributed by atoms with Crippen molar-refractivity contribution in [2.24, 2.45) is 0 Å². The minimum Gasteiger partial charge on any atom is -0.396 e. The van der Waals surface area contributed by atoms with Gasteiger partial charge < -0.3 is 10.2 Å². The van der Waals surface area contributed by atoms with Crippen LogP contribution in [0.2, 0.25) is 0 Å². The normalized spacial score (nSPS) is 13.3. The van der Waals surface area contributed by atoms with Gasteiger partial charge in [0.2, 0.25) is 0 Å². The average Bonchev–Trinajstić information content (AvgIpc) is 1.87. The molecule has 0 heterocycles. The van der Waals surface area contributed by atoms with Gasteiger partial charge in [-0.15, -0.1) is 0 Å². The van der Waals surface area contributed by atoms with Crippen LogP contribution < -0.4 is 0 Å². The molecule has 2 nitrogen and oxygen atoms in total. The number of hydrogen-bond acceptors (Lipinski definition) is 2. The van der Waals surface area contributed by atoms with Crippen molar-refractivity contribution in [3.8, 4) is 0 Å². The second-order valence-corrected chi connectivity index (χ2v) is 2.19. The molecule has 54 valence electrons. The summed E-state index contributed by atoms with van der Waals surface area (Å²) in [7, 11) is 0. The Balaban J connectivity index is 3.78. The van der Waals surface area contributed by atoms with Gasteiger partial charge in [0.1, 0.15) is 0 Å². The van der Waals surface area contributed by atoms with Crippen molar-refractivity contribution in [2.45, 2.75) is 20.3 Å². The van der Waals surface area contributed by atoms with E-state index in [-0.39, 0.29) is 13.2 Å². The lowest BCUT2D eigenvalue weighted by Crippen LogP contribution is -1.92. The summed E-state index contributed by atoms with van der Waals surface area (Å²) in [4.78, 5) is 0. The number of aliphatic hydroxyl groups excluding tert-OH is 2. The molecule has 0 saturated carbocycles. The number of hydrogen-bond donors (Lipinski definition) is 2. The van der Waals surface area contributed by atoms with E-state index < -0.39 is 0 Å². The van der Waals surface area contributed by atoms with Crippen LogP contribution >= 0.6 is 0 Å². The lowest BCUT2D eigenvalue weighted by Gasteiger charge is -2.01. The maximum Gasteiger partial charge on any atom is 0.0641 e. The van der Waals surface area contributed by atoms with Gasteiger partial charge in [0.15, 0.2) is 0 Å². The van der Waals surface area contributed by atoms with Crippen LogP contribution in [0, 0.1) is 0 Å². The first-order valence-electron chi connectivity index (χ1n) is 3.09. The van der Waals surface area contributed by atoms with Crippen molar-refractivity contribution >= 4 is 0 Å². The Kier molecular flexibility index (Phi) is 4.36. The van der Waals surface area contributed by atoms with Crippen LogP contribution in [0.25, 0.3) is 0 Å². The van der Waals surface area contributed by atoms with Crippen molar-refractivity contribution in [2.75, 3.05) is 13.2 Å². The van der Waals surface area contributed by atoms with Crippen molar-refractivity contribution in [1.82, 2.24) is 0 Å². The van der Waals surface area contributed by atoms with Gasteiger partial charge in [-0.25, -0.2) is 0 Å². The van der Waals surface area contributed by atoms with Crippen molar-refractivity contribution < 1.29 is 10.2 Å². The van der Waals surface area contributed by atoms with E-state index in [1.54, 1.807) is 0 Å². The molecule has 2 heteroatoms. The second-order valence-electron chi connectivity index (χ2n) is 2.19. The van der Waals surface area contributed by atoms with E-state index in [1.807, 2.05) is 13.8 Å². The minimum absolute atomic E-state index is 0.103. The van der Waals surface area contributed by atoms with Gasteiger partial charge in [0.25, 0.3) is 0 Å². The third-order valence-corrected chi connectivity index (χ3v) is 1.45. The summed E-state index contributed by atoms with van der Waals surface area (Å²) in [6, 6.07) is 0. The van der Waals surface area contributed by atoms with Gasteiger partial charge in [-0.05, 0) is 25.8 Å². The topological polar surface area (TPSA) is 40.5 Å². The van der Waals surface area contributed by atoms with Crippen LogP contribution in [0.15, 0.2) is 11.1 Å². The Morgan fingerprint density at radius 1 is 1.11 bits per heavy atom. The molecule has 0 spiro atoms. The average molecular weight is 130 g/mol. The Hall–Kier alpha value is -0.340. The van der Waals surface area contributed by atoms with E-state index in [2.05, 4.69) is 0 Å². The summed E-state index contributed by atoms with van der Waals surface area (Å²) in [5.41, 5.74) is 2.05. The van der Waals surface area contributed by atoms with Crippen LogP contribution in [0.3, 0.4) is 0 Å². The van der Waals surface area contributed by atoms with Crippen LogP contribution in [0.1, 0.15) is 20.3 Å². The SMILES string of the molecule is C/C(CO)=C(\C)CCO. The Bertz CT molecular complexity index is 105. The zero-order valence-corrected chi connectivity index (χ0v) is 6.02. The third-order valence-electron chi connectivity index (χ3n) is 1.45. The molecule has 0 bridgehead atoms. The Morgan fingerprint density at radius 3 is 2.00 bits per heavy atom. The zero-order chi connectivity index (χ0) is 7.28. The summed E-state index contributed by atoms with van der Waals surface area (Å²) in [6.45, 7) is 4.06. The predicted octanol–water partition coefficient (Wildman–Crippen LogP) is 0.698. The molecular weight excluding hydrogens is 116 g/mol. The second kappa shape index (κ2) is 4.53. The van der Waals surface area contributed by atoms with Crippen LogP contribution in [0.5, 0.6) is 0 Å². The van der Waals surface area contributed by atoms with Crippen molar-refractivity contribution in [3.63, 3.8) is 0 Å². The lowest BCUT2D eigenvalue weighted by molar-refractivity contribution is 0.296. The summed E-state index contributed by atoms with van der Waals surface area (Å²) < 4.78 is 0. The highest BCUT2D eigenvalue weighted by Gasteiger charge is 1.92. The Morgan fingerprint density at radius 2 is 1.67 bits per heavy atom. The molecule has 0 radical (unpaired) electrons. The maximum atomic E-state index is 8.59. The fraction of sp³-hybridized carbons (Fsp3) is 0.714. The zero-order valence-electron chi connectivity index (χ0n) is 6.02. The predicted molar refractivity (Wildman–Crippen MR) is 37.2 cm³/mol. The molecule has 0 amide bonds. The van der Waals surface area contributed by atoms with E-state index >= 15 is 0 Å². The first kappa shape index (κ1) is 8.66. The molecule has 0 aromatic carbocycles. The lowest BCUT2D eigenvalue weighted by atomic mass is 10.1. The molecule has 0 saturated heterocycles. The van der Waals surface area contributed by atoms with E-state index in [4.69, 9.17) is 10.2 Å². The van der Waals surface area contributed by atoms with E-state index in [9.17, 15) is 0 Å². The molecule has 0 aliphatic heterocycles. The highest BCUT2D eigenvalue weighted by atomic mass is 16.3. The molecule has 0 aliphatic carbocycles. The van der Waals surface area contributed by atoms with E-state index in [0.29, 0.717) is 6.42 Å². The smallest absolute Gasteiger partial charge is 0.0641 e. The first-order chi connectivity index (χ1) is 4.22. The fourth-order valence-corrected chi connectivity index (χ4v) is 0.516. The molecule has 0 unspecified atom stereocenters. The van der Waals surface area contributed by atoms with Crippen molar-refractivity contribution in [3.05, 3.63) is 11.1 Å². The molecule has 0 fully saturated rings. The van der Waals surface area contributed by atoms with Gasteiger partial charge in [-0.1, -0.05) is 5.57 Å². The maximum absolute atomic E-state index is 8.59. The van der Waals surface area contributed by atoms with Crippen LogP contribution in [0.4, 0.5) is 0 Å². The van der Waals surface area contributed by atoms with Crippen LogP contribution in [-0.2, 0) is 0 Å². The fourth-order valence-electron chi connectivity index (χ4n) is 0.516. The van der Waals surface area contributed by atoms with E-state index in [1.165, 1.54) is 0 Å². The standard InChI is InChI=1S/C7H14O2/c1-6(3-4-8)7(2)5-9/h8-9H,3-5H2,1-2H3/b7-6-. The number of aliphatic hydroxyl groups is 2. The van der Waals surface area contributed by atoms with Gasteiger partial charge in [0.05, 0.1) is 6.61 Å². The minimum atomic E-state index is 0.103. The molecule has 0 aromatic rings. The van der Waals surface area contributed by atoms with Crippen molar-refractivity contribution in [1.29, 1.82) is 0 Å². The highest BCUT2D eigenvalue weighted by molar-refractivity contribution is 5.09. The summed E-state index contributed by atoms with van der Waals surface area (Å²) in [6.07, 6.45) is 0.673. The van der Waals surface area contributed by atoms with Gasteiger partial charge in [-0.2, -0.15) is 0 Å². The third kappa shape index (κ3) is 3.27. The monoisotopic (exact) mass is 130 g/mol. The van der Waals surface area contributed by atoms with Crippen LogP contribution in [-0.4, -0.2) is 23.4 Å². The molecule has 2 N–H and O–H groups in total. The summed E-state index contributed by atoms with van der Waals surface area (Å²) in [5, 5.41) is 17.1. The first-order valence-corrected chi connectivity index (χ1v) is 3.09. The summed E-state index contributed by atoms with van der Waals surface area (Å²) in [5.74, 6) is 0. The highest BCUT2D eigenvalue weighted by Crippen LogP contribution is 2.05. The number of rotatable bonds is 3. The van der Waals surface area contributed by atoms with Gasteiger partial charge in [0, 0.05) is 6.61 Å². The molecule has 0 aliphatic rings. The van der Waals surface area contributed by atoms with Gasteiger partial charge >= 0.3 is 0 Å². The Labute approximate surface area is 55.8 Å². The molecule has 0 aromatic heterocycles. The van der Waals surface area contributed by atoms with E-state index in [0.717, 1.165) is 11.1 Å². The molecule has 0 rings (SSSR count). The molecule has 9 heavy (non-hydrogen) atoms. The largest absolute Gasteiger partial charge is 0.396 e. The molecular formula is C7H14O2. The van der Waals surface area contributed by atoms with Gasteiger partial charge in [-0.3, -0.25) is 0 Å². The quantitative estimate of drug-likeness (QED) is 0.552.